The van der Waals surface area contributed by atoms with E-state index in [0.29, 0.717) is 19.4 Å². The molecular formula is C14H25N3O4. The van der Waals surface area contributed by atoms with Crippen molar-refractivity contribution in [2.24, 2.45) is 5.92 Å². The third kappa shape index (κ3) is 5.61. The second kappa shape index (κ2) is 8.49. The summed E-state index contributed by atoms with van der Waals surface area (Å²) in [5.41, 5.74) is 0. The van der Waals surface area contributed by atoms with Crippen molar-refractivity contribution in [3.8, 4) is 0 Å². The van der Waals surface area contributed by atoms with Crippen LogP contribution in [-0.4, -0.2) is 54.6 Å². The average molecular weight is 299 g/mol. The van der Waals surface area contributed by atoms with Crippen molar-refractivity contribution in [2.45, 2.75) is 44.6 Å². The zero-order valence-corrected chi connectivity index (χ0v) is 12.7. The molecule has 0 aromatic rings. The molecule has 7 nitrogen and oxygen atoms in total. The zero-order valence-electron chi connectivity index (χ0n) is 12.7. The van der Waals surface area contributed by atoms with Crippen LogP contribution in [0, 0.1) is 5.92 Å². The van der Waals surface area contributed by atoms with Crippen LogP contribution < -0.4 is 10.6 Å². The Morgan fingerprint density at radius 3 is 2.48 bits per heavy atom. The van der Waals surface area contributed by atoms with Crippen LogP contribution in [0.5, 0.6) is 0 Å². The van der Waals surface area contributed by atoms with Crippen LogP contribution in [0.4, 0.5) is 4.79 Å². The van der Waals surface area contributed by atoms with Crippen molar-refractivity contribution >= 4 is 17.9 Å². The van der Waals surface area contributed by atoms with Gasteiger partial charge < -0.3 is 20.6 Å². The van der Waals surface area contributed by atoms with Gasteiger partial charge in [-0.25, -0.2) is 4.79 Å². The lowest BCUT2D eigenvalue weighted by molar-refractivity contribution is -0.142. The highest BCUT2D eigenvalue weighted by Crippen LogP contribution is 2.24. The van der Waals surface area contributed by atoms with E-state index in [4.69, 9.17) is 0 Å². The molecule has 0 spiro atoms. The lowest BCUT2D eigenvalue weighted by Crippen LogP contribution is -2.48. The predicted octanol–water partition coefficient (Wildman–Crippen LogP) is 0.797. The second-order valence-electron chi connectivity index (χ2n) is 5.48. The van der Waals surface area contributed by atoms with E-state index in [1.807, 2.05) is 0 Å². The summed E-state index contributed by atoms with van der Waals surface area (Å²) in [7, 11) is 3.15. The minimum absolute atomic E-state index is 0.132. The maximum absolute atomic E-state index is 12.1. The summed E-state index contributed by atoms with van der Waals surface area (Å²) >= 11 is 0. The number of carboxylic acids is 1. The highest BCUT2D eigenvalue weighted by molar-refractivity contribution is 5.78. The fourth-order valence-corrected chi connectivity index (χ4v) is 2.54. The van der Waals surface area contributed by atoms with Crippen LogP contribution in [0.1, 0.15) is 38.5 Å². The van der Waals surface area contributed by atoms with E-state index in [9.17, 15) is 19.5 Å². The monoisotopic (exact) mass is 299 g/mol. The quantitative estimate of drug-likeness (QED) is 0.654. The zero-order chi connectivity index (χ0) is 15.8. The summed E-state index contributed by atoms with van der Waals surface area (Å²) in [4.78, 5) is 36.0. The molecule has 3 amide bonds. The molecule has 2 atom stereocenters. The predicted molar refractivity (Wildman–Crippen MR) is 77.8 cm³/mol. The van der Waals surface area contributed by atoms with Gasteiger partial charge in [-0.15, -0.1) is 0 Å². The molecule has 0 saturated heterocycles. The number of urea groups is 1. The minimum Gasteiger partial charge on any atom is -0.481 e. The van der Waals surface area contributed by atoms with E-state index in [1.54, 1.807) is 14.1 Å². The van der Waals surface area contributed by atoms with Gasteiger partial charge in [0.05, 0.1) is 5.92 Å². The Morgan fingerprint density at radius 2 is 1.86 bits per heavy atom. The van der Waals surface area contributed by atoms with Crippen molar-refractivity contribution in [3.63, 3.8) is 0 Å². The fourth-order valence-electron chi connectivity index (χ4n) is 2.54. The Balaban J connectivity index is 2.53. The van der Waals surface area contributed by atoms with Gasteiger partial charge in [-0.05, 0) is 12.8 Å². The van der Waals surface area contributed by atoms with Gasteiger partial charge in [-0.2, -0.15) is 0 Å². The third-order valence-corrected chi connectivity index (χ3v) is 3.94. The van der Waals surface area contributed by atoms with Crippen molar-refractivity contribution in [1.82, 2.24) is 15.5 Å². The van der Waals surface area contributed by atoms with Gasteiger partial charge in [-0.1, -0.05) is 19.3 Å². The number of carbonyl (C=O) groups is 3. The summed E-state index contributed by atoms with van der Waals surface area (Å²) in [5, 5.41) is 14.6. The Labute approximate surface area is 125 Å². The molecule has 0 aliphatic heterocycles. The molecule has 2 unspecified atom stereocenters. The van der Waals surface area contributed by atoms with E-state index >= 15 is 0 Å². The number of aliphatic carboxylic acids is 1. The van der Waals surface area contributed by atoms with Crippen molar-refractivity contribution in [2.75, 3.05) is 20.6 Å². The molecule has 1 rings (SSSR count). The molecule has 1 aliphatic carbocycles. The molecule has 1 fully saturated rings. The van der Waals surface area contributed by atoms with Gasteiger partial charge in [-0.3, -0.25) is 9.59 Å². The molecule has 0 aromatic carbocycles. The highest BCUT2D eigenvalue weighted by Gasteiger charge is 2.31. The summed E-state index contributed by atoms with van der Waals surface area (Å²) in [6.45, 7) is 0.302. The number of nitrogens with zero attached hydrogens (tertiary/aromatic N) is 1. The van der Waals surface area contributed by atoms with Crippen LogP contribution in [0.25, 0.3) is 0 Å². The normalized spacial score (nSPS) is 22.0. The topological polar surface area (TPSA) is 98.7 Å². The van der Waals surface area contributed by atoms with Gasteiger partial charge in [0, 0.05) is 33.1 Å². The number of nitrogens with one attached hydrogen (secondary N) is 2. The van der Waals surface area contributed by atoms with Crippen LogP contribution in [0.3, 0.4) is 0 Å². The lowest BCUT2D eigenvalue weighted by atomic mass is 9.95. The van der Waals surface area contributed by atoms with Gasteiger partial charge in [0.25, 0.3) is 0 Å². The first kappa shape index (κ1) is 17.3. The first-order valence-electron chi connectivity index (χ1n) is 7.40. The SMILES string of the molecule is CNC(=O)CCN(C)C(=O)NC1CCCCCC1C(=O)O. The molecule has 0 radical (unpaired) electrons. The average Bonchev–Trinajstić information content (AvgIpc) is 2.69. The number of hydrogen-bond donors (Lipinski definition) is 3. The fraction of sp³-hybridized carbons (Fsp3) is 0.786. The summed E-state index contributed by atoms with van der Waals surface area (Å²) < 4.78 is 0. The molecule has 1 saturated carbocycles. The van der Waals surface area contributed by atoms with Gasteiger partial charge in [0.2, 0.25) is 5.91 Å². The van der Waals surface area contributed by atoms with Crippen molar-refractivity contribution < 1.29 is 19.5 Å². The van der Waals surface area contributed by atoms with E-state index in [2.05, 4.69) is 10.6 Å². The lowest BCUT2D eigenvalue weighted by Gasteiger charge is -2.26. The Morgan fingerprint density at radius 1 is 1.19 bits per heavy atom. The number of amides is 3. The second-order valence-corrected chi connectivity index (χ2v) is 5.48. The summed E-state index contributed by atoms with van der Waals surface area (Å²) in [5.74, 6) is -1.51. The Kier molecular flexibility index (Phi) is 6.98. The number of hydrogen-bond acceptors (Lipinski definition) is 3. The van der Waals surface area contributed by atoms with E-state index in [1.165, 1.54) is 4.90 Å². The third-order valence-electron chi connectivity index (χ3n) is 3.94. The molecule has 0 bridgehead atoms. The maximum atomic E-state index is 12.1. The number of rotatable bonds is 5. The number of carboxylic acid groups (broad SMARTS) is 1. The standard InChI is InChI=1S/C14H25N3O4/c1-15-12(18)8-9-17(2)14(21)16-11-7-5-3-4-6-10(11)13(19)20/h10-11H,3-9H2,1-2H3,(H,15,18)(H,16,21)(H,19,20). The first-order chi connectivity index (χ1) is 9.95. The van der Waals surface area contributed by atoms with Crippen molar-refractivity contribution in [3.05, 3.63) is 0 Å². The Bertz CT molecular complexity index is 386. The molecule has 0 aromatic heterocycles. The van der Waals surface area contributed by atoms with Crippen LogP contribution in [0.2, 0.25) is 0 Å². The minimum atomic E-state index is -0.852. The molecular weight excluding hydrogens is 274 g/mol. The molecule has 120 valence electrons. The van der Waals surface area contributed by atoms with Gasteiger partial charge >= 0.3 is 12.0 Å². The molecule has 7 heteroatoms. The van der Waals surface area contributed by atoms with E-state index < -0.39 is 11.9 Å². The first-order valence-corrected chi connectivity index (χ1v) is 7.40. The van der Waals surface area contributed by atoms with Crippen molar-refractivity contribution in [1.29, 1.82) is 0 Å². The van der Waals surface area contributed by atoms with Gasteiger partial charge in [0.15, 0.2) is 0 Å². The van der Waals surface area contributed by atoms with E-state index in [0.717, 1.165) is 19.3 Å². The van der Waals surface area contributed by atoms with Crippen LogP contribution in [0.15, 0.2) is 0 Å². The smallest absolute Gasteiger partial charge is 0.317 e. The van der Waals surface area contributed by atoms with Crippen LogP contribution >= 0.6 is 0 Å². The summed E-state index contributed by atoms with van der Waals surface area (Å²) in [6, 6.07) is -0.656. The largest absolute Gasteiger partial charge is 0.481 e. The Hall–Kier alpha value is -1.79. The molecule has 0 heterocycles. The summed E-state index contributed by atoms with van der Waals surface area (Å²) in [6.07, 6.45) is 4.33. The van der Waals surface area contributed by atoms with Crippen LogP contribution in [-0.2, 0) is 9.59 Å². The highest BCUT2D eigenvalue weighted by atomic mass is 16.4. The molecule has 1 aliphatic rings. The molecule has 21 heavy (non-hydrogen) atoms. The maximum Gasteiger partial charge on any atom is 0.317 e. The number of carbonyl (C=O) groups excluding carboxylic acids is 2. The van der Waals surface area contributed by atoms with Gasteiger partial charge in [0.1, 0.15) is 0 Å². The van der Waals surface area contributed by atoms with E-state index in [-0.39, 0.29) is 24.4 Å². The molecule has 3 N–H and O–H groups in total.